The average molecular weight is 441 g/mol. The number of hydrogen-bond acceptors (Lipinski definition) is 6. The summed E-state index contributed by atoms with van der Waals surface area (Å²) < 4.78 is 42.7. The van der Waals surface area contributed by atoms with Crippen molar-refractivity contribution in [2.45, 2.75) is 55.4 Å². The van der Waals surface area contributed by atoms with Crippen molar-refractivity contribution in [2.75, 3.05) is 23.3 Å². The zero-order valence-corrected chi connectivity index (χ0v) is 17.2. The number of carbonyl (C=O) groups is 1. The fourth-order valence-electron chi connectivity index (χ4n) is 3.33. The first-order chi connectivity index (χ1) is 14.3. The highest BCUT2D eigenvalue weighted by Gasteiger charge is 2.33. The summed E-state index contributed by atoms with van der Waals surface area (Å²) in [6.45, 7) is 3.71. The summed E-state index contributed by atoms with van der Waals surface area (Å²) in [7, 11) is 0. The Balaban J connectivity index is 1.39. The predicted octanol–water partition coefficient (Wildman–Crippen LogP) is 4.23. The minimum absolute atomic E-state index is 0.266. The summed E-state index contributed by atoms with van der Waals surface area (Å²) in [5, 5.41) is 11.7. The van der Waals surface area contributed by atoms with Crippen molar-refractivity contribution in [3.63, 3.8) is 0 Å². The quantitative estimate of drug-likeness (QED) is 0.649. The van der Waals surface area contributed by atoms with E-state index in [9.17, 15) is 18.0 Å². The molecule has 1 aromatic heterocycles. The van der Waals surface area contributed by atoms with Gasteiger partial charge >= 0.3 is 6.36 Å². The summed E-state index contributed by atoms with van der Waals surface area (Å²) in [6, 6.07) is 5.44. The van der Waals surface area contributed by atoms with Crippen LogP contribution in [0.5, 0.6) is 5.75 Å². The lowest BCUT2D eigenvalue weighted by molar-refractivity contribution is -0.274. The van der Waals surface area contributed by atoms with Crippen LogP contribution in [0.15, 0.2) is 29.4 Å². The Kier molecular flexibility index (Phi) is 5.81. The molecule has 0 radical (unpaired) electrons. The lowest BCUT2D eigenvalue weighted by Gasteiger charge is -2.18. The van der Waals surface area contributed by atoms with Crippen LogP contribution < -0.4 is 15.0 Å². The third kappa shape index (κ3) is 5.00. The maximum absolute atomic E-state index is 12.6. The number of hydrogen-bond donors (Lipinski definition) is 1. The molecule has 30 heavy (non-hydrogen) atoms. The van der Waals surface area contributed by atoms with Crippen LogP contribution in [0.3, 0.4) is 0 Å². The fourth-order valence-corrected chi connectivity index (χ4v) is 4.24. The number of nitrogens with zero attached hydrogens (tertiary/aromatic N) is 4. The Morgan fingerprint density at radius 2 is 1.87 bits per heavy atom. The van der Waals surface area contributed by atoms with Gasteiger partial charge in [0.1, 0.15) is 5.75 Å². The summed E-state index contributed by atoms with van der Waals surface area (Å²) in [4.78, 5) is 14.8. The number of thioether (sulfide) groups is 1. The Morgan fingerprint density at radius 3 is 2.47 bits per heavy atom. The standard InChI is InChI=1S/C19H22F3N5O2S/c1-12(16(28)23-13-4-8-15(9-5-13)29-19(20,21)22)30-18-25-24-17(26-10-2-3-11-26)27(18)14-6-7-14/h4-5,8-9,12,14H,2-3,6-7,10-11H2,1H3,(H,23,28). The number of nitrogens with one attached hydrogen (secondary N) is 1. The molecule has 0 spiro atoms. The van der Waals surface area contributed by atoms with Crippen LogP contribution in [0.4, 0.5) is 24.8 Å². The molecule has 1 aliphatic heterocycles. The molecule has 2 heterocycles. The molecule has 1 aromatic carbocycles. The molecule has 1 unspecified atom stereocenters. The van der Waals surface area contributed by atoms with E-state index >= 15 is 0 Å². The summed E-state index contributed by atoms with van der Waals surface area (Å²) in [6.07, 6.45) is -0.294. The maximum Gasteiger partial charge on any atom is 0.573 e. The molecular formula is C19H22F3N5O2S. The number of amides is 1. The molecule has 0 bridgehead atoms. The van der Waals surface area contributed by atoms with Crippen LogP contribution in [-0.4, -0.2) is 45.4 Å². The molecule has 1 atom stereocenters. The van der Waals surface area contributed by atoms with Gasteiger partial charge in [0.05, 0.1) is 5.25 Å². The number of ether oxygens (including phenoxy) is 1. The van der Waals surface area contributed by atoms with E-state index in [2.05, 4.69) is 29.7 Å². The van der Waals surface area contributed by atoms with E-state index in [-0.39, 0.29) is 11.7 Å². The number of carbonyl (C=O) groups excluding carboxylic acids is 1. The van der Waals surface area contributed by atoms with Crippen LogP contribution in [0.25, 0.3) is 0 Å². The van der Waals surface area contributed by atoms with Gasteiger partial charge in [0, 0.05) is 24.8 Å². The second kappa shape index (κ2) is 8.37. The number of rotatable bonds is 7. The highest BCUT2D eigenvalue weighted by Crippen LogP contribution is 2.42. The number of alkyl halides is 3. The van der Waals surface area contributed by atoms with E-state index in [4.69, 9.17) is 0 Å². The van der Waals surface area contributed by atoms with Crippen molar-refractivity contribution < 1.29 is 22.7 Å². The molecule has 1 aliphatic carbocycles. The van der Waals surface area contributed by atoms with Gasteiger partial charge in [-0.25, -0.2) is 0 Å². The van der Waals surface area contributed by atoms with Gasteiger partial charge in [0.15, 0.2) is 5.16 Å². The van der Waals surface area contributed by atoms with Crippen LogP contribution >= 0.6 is 11.8 Å². The second-order valence-electron chi connectivity index (χ2n) is 7.40. The third-order valence-electron chi connectivity index (χ3n) is 4.95. The van der Waals surface area contributed by atoms with Crippen molar-refractivity contribution in [1.29, 1.82) is 0 Å². The van der Waals surface area contributed by atoms with Crippen LogP contribution in [-0.2, 0) is 4.79 Å². The zero-order valence-electron chi connectivity index (χ0n) is 16.4. The Labute approximate surface area is 176 Å². The van der Waals surface area contributed by atoms with Gasteiger partial charge in [-0.1, -0.05) is 11.8 Å². The van der Waals surface area contributed by atoms with Crippen LogP contribution in [0, 0.1) is 0 Å². The monoisotopic (exact) mass is 441 g/mol. The first-order valence-electron chi connectivity index (χ1n) is 9.83. The Bertz CT molecular complexity index is 893. The molecule has 7 nitrogen and oxygen atoms in total. The molecule has 2 fully saturated rings. The molecule has 11 heteroatoms. The van der Waals surface area contributed by atoms with E-state index in [1.807, 2.05) is 0 Å². The lowest BCUT2D eigenvalue weighted by Crippen LogP contribution is -2.24. The van der Waals surface area contributed by atoms with Crippen molar-refractivity contribution in [3.05, 3.63) is 24.3 Å². The molecule has 4 rings (SSSR count). The van der Waals surface area contributed by atoms with E-state index in [1.165, 1.54) is 23.9 Å². The van der Waals surface area contributed by atoms with E-state index < -0.39 is 11.6 Å². The summed E-state index contributed by atoms with van der Waals surface area (Å²) >= 11 is 1.33. The third-order valence-corrected chi connectivity index (χ3v) is 6.01. The predicted molar refractivity (Wildman–Crippen MR) is 107 cm³/mol. The molecule has 1 amide bonds. The number of benzene rings is 1. The van der Waals surface area contributed by atoms with Gasteiger partial charge < -0.3 is 15.0 Å². The van der Waals surface area contributed by atoms with Crippen molar-refractivity contribution in [3.8, 4) is 5.75 Å². The van der Waals surface area contributed by atoms with E-state index in [1.54, 1.807) is 6.92 Å². The zero-order chi connectivity index (χ0) is 21.3. The summed E-state index contributed by atoms with van der Waals surface area (Å²) in [5.41, 5.74) is 0.392. The SMILES string of the molecule is CC(Sc1nnc(N2CCCC2)n1C1CC1)C(=O)Nc1ccc(OC(F)(F)F)cc1. The molecule has 2 aromatic rings. The van der Waals surface area contributed by atoms with Gasteiger partial charge in [-0.2, -0.15) is 0 Å². The molecule has 1 saturated heterocycles. The second-order valence-corrected chi connectivity index (χ2v) is 8.71. The Hall–Kier alpha value is -2.43. The number of anilines is 2. The number of aromatic nitrogens is 3. The molecule has 2 aliphatic rings. The maximum atomic E-state index is 12.6. The normalized spacial score (nSPS) is 17.8. The minimum Gasteiger partial charge on any atom is -0.406 e. The molecular weight excluding hydrogens is 419 g/mol. The van der Waals surface area contributed by atoms with Crippen molar-refractivity contribution in [2.24, 2.45) is 0 Å². The highest BCUT2D eigenvalue weighted by molar-refractivity contribution is 8.00. The molecule has 1 saturated carbocycles. The Morgan fingerprint density at radius 1 is 1.20 bits per heavy atom. The van der Waals surface area contributed by atoms with Gasteiger partial charge in [-0.15, -0.1) is 23.4 Å². The van der Waals surface area contributed by atoms with Crippen molar-refractivity contribution in [1.82, 2.24) is 14.8 Å². The first-order valence-corrected chi connectivity index (χ1v) is 10.7. The smallest absolute Gasteiger partial charge is 0.406 e. The summed E-state index contributed by atoms with van der Waals surface area (Å²) in [5.74, 6) is 0.276. The highest BCUT2D eigenvalue weighted by atomic mass is 32.2. The van der Waals surface area contributed by atoms with Crippen molar-refractivity contribution >= 4 is 29.3 Å². The van der Waals surface area contributed by atoms with Gasteiger partial charge in [-0.05, 0) is 56.9 Å². The largest absolute Gasteiger partial charge is 0.573 e. The topological polar surface area (TPSA) is 72.3 Å². The molecule has 162 valence electrons. The average Bonchev–Trinajstić information content (AvgIpc) is 3.21. The minimum atomic E-state index is -4.75. The van der Waals surface area contributed by atoms with Gasteiger partial charge in [0.25, 0.3) is 0 Å². The number of halogens is 3. The van der Waals surface area contributed by atoms with Crippen LogP contribution in [0.2, 0.25) is 0 Å². The first kappa shape index (κ1) is 20.8. The van der Waals surface area contributed by atoms with Crippen LogP contribution in [0.1, 0.15) is 38.6 Å². The van der Waals surface area contributed by atoms with E-state index in [0.29, 0.717) is 11.7 Å². The van der Waals surface area contributed by atoms with Gasteiger partial charge in [-0.3, -0.25) is 9.36 Å². The van der Waals surface area contributed by atoms with Gasteiger partial charge in [0.2, 0.25) is 11.9 Å². The molecule has 1 N–H and O–H groups in total. The lowest BCUT2D eigenvalue weighted by atomic mass is 10.3. The van der Waals surface area contributed by atoms with E-state index in [0.717, 1.165) is 62.0 Å². The fraction of sp³-hybridized carbons (Fsp3) is 0.526.